The summed E-state index contributed by atoms with van der Waals surface area (Å²) in [7, 11) is 3.14. The summed E-state index contributed by atoms with van der Waals surface area (Å²) in [5.74, 6) is 1.27. The number of benzene rings is 1. The van der Waals surface area contributed by atoms with Gasteiger partial charge in [-0.1, -0.05) is 0 Å². The quantitative estimate of drug-likeness (QED) is 0.862. The molecule has 2 amide bonds. The Morgan fingerprint density at radius 3 is 2.48 bits per heavy atom. The number of urea groups is 1. The van der Waals surface area contributed by atoms with E-state index in [1.165, 1.54) is 4.90 Å². The van der Waals surface area contributed by atoms with E-state index in [4.69, 9.17) is 9.47 Å². The Bertz CT molecular complexity index is 696. The molecule has 0 aromatic heterocycles. The summed E-state index contributed by atoms with van der Waals surface area (Å²) < 4.78 is 48.1. The smallest absolute Gasteiger partial charge is 0.401 e. The van der Waals surface area contributed by atoms with E-state index in [1.54, 1.807) is 19.1 Å². The molecule has 1 aromatic rings. The summed E-state index contributed by atoms with van der Waals surface area (Å²) in [4.78, 5) is 15.6. The fraction of sp³-hybridized carbons (Fsp3) is 0.611. The number of amides is 2. The van der Waals surface area contributed by atoms with Gasteiger partial charge in [-0.05, 0) is 36.1 Å². The van der Waals surface area contributed by atoms with E-state index in [1.807, 2.05) is 12.1 Å². The molecule has 1 unspecified atom stereocenters. The molecule has 2 aliphatic rings. The number of fused-ring (bicyclic) bond motifs is 1. The van der Waals surface area contributed by atoms with Gasteiger partial charge in [0.2, 0.25) is 0 Å². The number of ether oxygens (including phenoxy) is 2. The maximum absolute atomic E-state index is 12.6. The average Bonchev–Trinajstić information content (AvgIpc) is 3.04. The largest absolute Gasteiger partial charge is 0.493 e. The van der Waals surface area contributed by atoms with Crippen molar-refractivity contribution in [1.29, 1.82) is 0 Å². The molecular formula is C18H24F3N3O3. The van der Waals surface area contributed by atoms with Crippen LogP contribution >= 0.6 is 0 Å². The molecule has 27 heavy (non-hydrogen) atoms. The van der Waals surface area contributed by atoms with Gasteiger partial charge in [-0.25, -0.2) is 4.79 Å². The van der Waals surface area contributed by atoms with Gasteiger partial charge >= 0.3 is 12.2 Å². The van der Waals surface area contributed by atoms with Crippen LogP contribution < -0.4 is 14.8 Å². The molecule has 1 fully saturated rings. The zero-order chi connectivity index (χ0) is 19.6. The zero-order valence-electron chi connectivity index (χ0n) is 15.4. The van der Waals surface area contributed by atoms with Crippen molar-refractivity contribution in [1.82, 2.24) is 15.1 Å². The first-order valence-electron chi connectivity index (χ1n) is 8.87. The highest BCUT2D eigenvalue weighted by Gasteiger charge is 2.35. The van der Waals surface area contributed by atoms with Gasteiger partial charge in [-0.2, -0.15) is 13.2 Å². The Morgan fingerprint density at radius 1 is 1.19 bits per heavy atom. The minimum Gasteiger partial charge on any atom is -0.493 e. The highest BCUT2D eigenvalue weighted by Crippen LogP contribution is 2.33. The van der Waals surface area contributed by atoms with E-state index >= 15 is 0 Å². The van der Waals surface area contributed by atoms with Gasteiger partial charge in [0.25, 0.3) is 0 Å². The van der Waals surface area contributed by atoms with Gasteiger partial charge in [-0.3, -0.25) is 4.90 Å². The number of halogens is 3. The number of hydrogen-bond donors (Lipinski definition) is 1. The average molecular weight is 387 g/mol. The molecule has 2 aliphatic heterocycles. The molecule has 0 radical (unpaired) electrons. The SMILES string of the molecule is COc1cc2c(cc1OC)CN(C(=O)NC1CCN(CC(F)(F)F)C1)CC2. The summed E-state index contributed by atoms with van der Waals surface area (Å²) in [6.45, 7) is 0.608. The Kier molecular flexibility index (Phi) is 5.69. The van der Waals surface area contributed by atoms with E-state index in [2.05, 4.69) is 5.32 Å². The second-order valence-electron chi connectivity index (χ2n) is 6.93. The van der Waals surface area contributed by atoms with Crippen LogP contribution in [0.2, 0.25) is 0 Å². The van der Waals surface area contributed by atoms with Gasteiger partial charge in [0.1, 0.15) is 0 Å². The Balaban J connectivity index is 1.58. The van der Waals surface area contributed by atoms with Crippen LogP contribution in [0.15, 0.2) is 12.1 Å². The van der Waals surface area contributed by atoms with Crippen LogP contribution in [0.25, 0.3) is 0 Å². The Labute approximate surface area is 156 Å². The summed E-state index contributed by atoms with van der Waals surface area (Å²) in [5.41, 5.74) is 2.09. The number of alkyl halides is 3. The predicted octanol–water partition coefficient (Wildman–Crippen LogP) is 2.41. The number of carbonyl (C=O) groups is 1. The molecule has 0 saturated carbocycles. The lowest BCUT2D eigenvalue weighted by molar-refractivity contribution is -0.143. The van der Waals surface area contributed by atoms with Crippen LogP contribution in [0.4, 0.5) is 18.0 Å². The van der Waals surface area contributed by atoms with Crippen LogP contribution in [0, 0.1) is 0 Å². The summed E-state index contributed by atoms with van der Waals surface area (Å²) in [5, 5.41) is 2.87. The molecule has 1 N–H and O–H groups in total. The third kappa shape index (κ3) is 4.77. The lowest BCUT2D eigenvalue weighted by Crippen LogP contribution is -2.47. The third-order valence-corrected chi connectivity index (χ3v) is 5.01. The molecule has 1 saturated heterocycles. The minimum absolute atomic E-state index is 0.223. The summed E-state index contributed by atoms with van der Waals surface area (Å²) in [6, 6.07) is 3.30. The second-order valence-corrected chi connectivity index (χ2v) is 6.93. The van der Waals surface area contributed by atoms with Crippen LogP contribution in [-0.4, -0.2) is 68.4 Å². The Morgan fingerprint density at radius 2 is 1.85 bits per heavy atom. The Hall–Kier alpha value is -2.16. The lowest BCUT2D eigenvalue weighted by Gasteiger charge is -2.30. The van der Waals surface area contributed by atoms with Crippen molar-refractivity contribution < 1.29 is 27.4 Å². The van der Waals surface area contributed by atoms with Gasteiger partial charge in [0, 0.05) is 32.2 Å². The van der Waals surface area contributed by atoms with E-state index in [-0.39, 0.29) is 18.6 Å². The molecule has 0 bridgehead atoms. The van der Waals surface area contributed by atoms with Crippen LogP contribution in [0.5, 0.6) is 11.5 Å². The standard InChI is InChI=1S/C18H24F3N3O3/c1-26-15-7-12-3-6-24(9-13(12)8-16(15)27-2)17(25)22-14-4-5-23(10-14)11-18(19,20)21/h7-8,14H,3-6,9-11H2,1-2H3,(H,22,25). The number of methoxy groups -OCH3 is 2. The number of carbonyl (C=O) groups excluding carboxylic acids is 1. The molecule has 0 spiro atoms. The molecule has 3 rings (SSSR count). The maximum Gasteiger partial charge on any atom is 0.401 e. The monoisotopic (exact) mass is 387 g/mol. The zero-order valence-corrected chi connectivity index (χ0v) is 15.4. The molecule has 1 aromatic carbocycles. The van der Waals surface area contributed by atoms with Crippen molar-refractivity contribution >= 4 is 6.03 Å². The highest BCUT2D eigenvalue weighted by atomic mass is 19.4. The van der Waals surface area contributed by atoms with Crippen LogP contribution in [-0.2, 0) is 13.0 Å². The number of likely N-dealkylation sites (tertiary alicyclic amines) is 1. The maximum atomic E-state index is 12.6. The van der Waals surface area contributed by atoms with Crippen LogP contribution in [0.3, 0.4) is 0 Å². The van der Waals surface area contributed by atoms with Gasteiger partial charge in [0.05, 0.1) is 20.8 Å². The summed E-state index contributed by atoms with van der Waals surface area (Å²) >= 11 is 0. The molecule has 0 aliphatic carbocycles. The molecule has 1 atom stereocenters. The topological polar surface area (TPSA) is 54.0 Å². The van der Waals surface area contributed by atoms with E-state index < -0.39 is 12.7 Å². The normalized spacial score (nSPS) is 20.3. The number of rotatable bonds is 4. The van der Waals surface area contributed by atoms with Gasteiger partial charge in [0.15, 0.2) is 11.5 Å². The van der Waals surface area contributed by atoms with Crippen molar-refractivity contribution in [3.05, 3.63) is 23.3 Å². The first kappa shape index (κ1) is 19.6. The van der Waals surface area contributed by atoms with Crippen molar-refractivity contribution in [3.8, 4) is 11.5 Å². The van der Waals surface area contributed by atoms with Gasteiger partial charge in [-0.15, -0.1) is 0 Å². The highest BCUT2D eigenvalue weighted by molar-refractivity contribution is 5.75. The van der Waals surface area contributed by atoms with Crippen molar-refractivity contribution in [3.63, 3.8) is 0 Å². The van der Waals surface area contributed by atoms with Gasteiger partial charge < -0.3 is 19.7 Å². The number of hydrogen-bond acceptors (Lipinski definition) is 4. The lowest BCUT2D eigenvalue weighted by atomic mass is 9.99. The fourth-order valence-electron chi connectivity index (χ4n) is 3.67. The van der Waals surface area contributed by atoms with E-state index in [0.717, 1.165) is 11.1 Å². The van der Waals surface area contributed by atoms with E-state index in [0.29, 0.717) is 44.0 Å². The van der Waals surface area contributed by atoms with Crippen LogP contribution in [0.1, 0.15) is 17.5 Å². The molecule has 2 heterocycles. The van der Waals surface area contributed by atoms with Crippen molar-refractivity contribution in [2.75, 3.05) is 40.4 Å². The van der Waals surface area contributed by atoms with Crippen molar-refractivity contribution in [2.24, 2.45) is 0 Å². The predicted molar refractivity (Wildman–Crippen MR) is 93.1 cm³/mol. The summed E-state index contributed by atoms with van der Waals surface area (Å²) in [6.07, 6.45) is -3.00. The first-order chi connectivity index (χ1) is 12.8. The fourth-order valence-corrected chi connectivity index (χ4v) is 3.67. The third-order valence-electron chi connectivity index (χ3n) is 5.01. The number of nitrogens with zero attached hydrogens (tertiary/aromatic N) is 2. The second kappa shape index (κ2) is 7.84. The number of nitrogens with one attached hydrogen (secondary N) is 1. The minimum atomic E-state index is -4.21. The molecule has 150 valence electrons. The molecule has 9 heteroatoms. The molecule has 6 nitrogen and oxygen atoms in total. The first-order valence-corrected chi connectivity index (χ1v) is 8.87. The molecular weight excluding hydrogens is 363 g/mol. The van der Waals surface area contributed by atoms with E-state index in [9.17, 15) is 18.0 Å². The van der Waals surface area contributed by atoms with Crippen molar-refractivity contribution in [2.45, 2.75) is 31.6 Å².